The second-order valence-electron chi connectivity index (χ2n) is 6.49. The molecule has 2 N–H and O–H groups in total. The van der Waals surface area contributed by atoms with E-state index in [-0.39, 0.29) is 11.3 Å². The Morgan fingerprint density at radius 1 is 1.30 bits per heavy atom. The molecule has 0 radical (unpaired) electrons. The highest BCUT2D eigenvalue weighted by atomic mass is 127. The fraction of sp³-hybridized carbons (Fsp3) is 0.211. The van der Waals surface area contributed by atoms with Gasteiger partial charge in [-0.05, 0) is 65.6 Å². The number of nitrogens with one attached hydrogen (secondary N) is 1. The quantitative estimate of drug-likeness (QED) is 0.557. The van der Waals surface area contributed by atoms with E-state index in [4.69, 9.17) is 0 Å². The average Bonchev–Trinajstić information content (AvgIpc) is 3.46. The van der Waals surface area contributed by atoms with Crippen molar-refractivity contribution in [3.05, 3.63) is 68.0 Å². The van der Waals surface area contributed by atoms with E-state index < -0.39 is 23.5 Å². The lowest BCUT2D eigenvalue weighted by Gasteiger charge is -2.21. The van der Waals surface area contributed by atoms with Gasteiger partial charge in [0.15, 0.2) is 0 Å². The largest absolute Gasteiger partial charge is 0.465 e. The molecule has 1 heterocycles. The van der Waals surface area contributed by atoms with Crippen LogP contribution in [-0.2, 0) is 0 Å². The van der Waals surface area contributed by atoms with Crippen LogP contribution in [0.4, 0.5) is 9.18 Å². The normalized spacial score (nSPS) is 14.9. The smallest absolute Gasteiger partial charge is 0.405 e. The number of nitrogens with zero attached hydrogens (tertiary/aromatic N) is 2. The Balaban J connectivity index is 2.06. The summed E-state index contributed by atoms with van der Waals surface area (Å²) in [5.41, 5.74) is 0.516. The van der Waals surface area contributed by atoms with Gasteiger partial charge in [0, 0.05) is 3.57 Å². The summed E-state index contributed by atoms with van der Waals surface area (Å²) >= 11 is 1.94. The van der Waals surface area contributed by atoms with Crippen molar-refractivity contribution < 1.29 is 14.3 Å². The van der Waals surface area contributed by atoms with Crippen LogP contribution in [0.3, 0.4) is 0 Å². The van der Waals surface area contributed by atoms with Gasteiger partial charge in [0.05, 0.1) is 22.6 Å². The first-order valence-electron chi connectivity index (χ1n) is 8.42. The van der Waals surface area contributed by atoms with E-state index in [2.05, 4.69) is 10.3 Å². The minimum Gasteiger partial charge on any atom is -0.465 e. The second kappa shape index (κ2) is 6.91. The summed E-state index contributed by atoms with van der Waals surface area (Å²) in [5.74, 6) is -0.104. The number of fused-ring (bicyclic) bond motifs is 1. The van der Waals surface area contributed by atoms with Crippen molar-refractivity contribution in [3.8, 4) is 5.69 Å². The predicted molar refractivity (Wildman–Crippen MR) is 107 cm³/mol. The molecule has 1 amide bonds. The first-order chi connectivity index (χ1) is 13.0. The number of hydrogen-bond donors (Lipinski definition) is 2. The molecule has 1 fully saturated rings. The average molecular weight is 479 g/mol. The fourth-order valence-corrected chi connectivity index (χ4v) is 3.93. The van der Waals surface area contributed by atoms with E-state index in [1.54, 1.807) is 24.3 Å². The standard InChI is InChI=1S/C19H15FIN3O3/c20-11-8-13-16(14(21)9-11)22-17(15(10-6-7-10)23-19(26)27)24(18(13)25)12-4-2-1-3-5-12/h1-5,8-10,15,23H,6-7H2,(H,26,27). The molecule has 0 aliphatic heterocycles. The van der Waals surface area contributed by atoms with Crippen LogP contribution in [-0.4, -0.2) is 20.8 Å². The van der Waals surface area contributed by atoms with Crippen molar-refractivity contribution in [2.24, 2.45) is 5.92 Å². The van der Waals surface area contributed by atoms with Crippen LogP contribution < -0.4 is 10.9 Å². The van der Waals surface area contributed by atoms with Crippen LogP contribution in [0, 0.1) is 15.3 Å². The molecule has 2 aromatic carbocycles. The first kappa shape index (κ1) is 17.9. The molecule has 0 saturated heterocycles. The molecular formula is C19H15FIN3O3. The Kier molecular flexibility index (Phi) is 4.58. The number of rotatable bonds is 4. The van der Waals surface area contributed by atoms with E-state index in [0.29, 0.717) is 20.6 Å². The Morgan fingerprint density at radius 2 is 2.00 bits per heavy atom. The third kappa shape index (κ3) is 3.41. The van der Waals surface area contributed by atoms with E-state index in [1.165, 1.54) is 16.7 Å². The van der Waals surface area contributed by atoms with Crippen molar-refractivity contribution in [2.45, 2.75) is 18.9 Å². The second-order valence-corrected chi connectivity index (χ2v) is 7.66. The third-order valence-corrected chi connectivity index (χ3v) is 5.40. The SMILES string of the molecule is O=C(O)NC(c1nc2c(I)cc(F)cc2c(=O)n1-c1ccccc1)C1CC1. The summed E-state index contributed by atoms with van der Waals surface area (Å²) in [6.07, 6.45) is 0.539. The number of para-hydroxylation sites is 1. The lowest BCUT2D eigenvalue weighted by molar-refractivity contribution is 0.187. The maximum absolute atomic E-state index is 13.9. The van der Waals surface area contributed by atoms with Gasteiger partial charge in [-0.3, -0.25) is 9.36 Å². The molecular weight excluding hydrogens is 464 g/mol. The van der Waals surface area contributed by atoms with Crippen molar-refractivity contribution >= 4 is 39.6 Å². The zero-order valence-electron chi connectivity index (χ0n) is 14.0. The van der Waals surface area contributed by atoms with Gasteiger partial charge in [-0.15, -0.1) is 0 Å². The molecule has 27 heavy (non-hydrogen) atoms. The van der Waals surface area contributed by atoms with Crippen molar-refractivity contribution in [1.82, 2.24) is 14.9 Å². The number of benzene rings is 2. The van der Waals surface area contributed by atoms with Crippen LogP contribution in [0.1, 0.15) is 24.7 Å². The summed E-state index contributed by atoms with van der Waals surface area (Å²) in [4.78, 5) is 29.2. The van der Waals surface area contributed by atoms with Gasteiger partial charge >= 0.3 is 6.09 Å². The number of carbonyl (C=O) groups is 1. The topological polar surface area (TPSA) is 84.2 Å². The highest BCUT2D eigenvalue weighted by molar-refractivity contribution is 14.1. The Hall–Kier alpha value is -2.49. The van der Waals surface area contributed by atoms with Crippen LogP contribution in [0.2, 0.25) is 0 Å². The molecule has 1 unspecified atom stereocenters. The lowest BCUT2D eigenvalue weighted by atomic mass is 10.1. The minimum absolute atomic E-state index is 0.0820. The van der Waals surface area contributed by atoms with Gasteiger partial charge in [0.1, 0.15) is 11.6 Å². The Bertz CT molecular complexity index is 1100. The predicted octanol–water partition coefficient (Wildman–Crippen LogP) is 3.85. The molecule has 1 aliphatic carbocycles. The molecule has 138 valence electrons. The Labute approximate surface area is 167 Å². The van der Waals surface area contributed by atoms with Crippen LogP contribution >= 0.6 is 22.6 Å². The molecule has 0 bridgehead atoms. The van der Waals surface area contributed by atoms with E-state index in [0.717, 1.165) is 12.8 Å². The lowest BCUT2D eigenvalue weighted by Crippen LogP contribution is -2.35. The minimum atomic E-state index is -1.17. The number of carboxylic acid groups (broad SMARTS) is 1. The van der Waals surface area contributed by atoms with Gasteiger partial charge in [0.2, 0.25) is 0 Å². The fourth-order valence-electron chi connectivity index (χ4n) is 3.22. The highest BCUT2D eigenvalue weighted by Crippen LogP contribution is 2.41. The summed E-state index contributed by atoms with van der Waals surface area (Å²) < 4.78 is 15.8. The van der Waals surface area contributed by atoms with Crippen molar-refractivity contribution in [3.63, 3.8) is 0 Å². The molecule has 6 nitrogen and oxygen atoms in total. The molecule has 1 atom stereocenters. The monoisotopic (exact) mass is 479 g/mol. The maximum atomic E-state index is 13.9. The Morgan fingerprint density at radius 3 is 2.63 bits per heavy atom. The zero-order chi connectivity index (χ0) is 19.1. The highest BCUT2D eigenvalue weighted by Gasteiger charge is 2.37. The van der Waals surface area contributed by atoms with Crippen LogP contribution in [0.15, 0.2) is 47.3 Å². The van der Waals surface area contributed by atoms with Crippen LogP contribution in [0.25, 0.3) is 16.6 Å². The third-order valence-electron chi connectivity index (χ3n) is 4.58. The summed E-state index contributed by atoms with van der Waals surface area (Å²) in [6.45, 7) is 0. The van der Waals surface area contributed by atoms with Crippen molar-refractivity contribution in [2.75, 3.05) is 0 Å². The van der Waals surface area contributed by atoms with Gasteiger partial charge in [-0.1, -0.05) is 18.2 Å². The molecule has 0 spiro atoms. The molecule has 4 rings (SSSR count). The first-order valence-corrected chi connectivity index (χ1v) is 9.50. The number of aromatic nitrogens is 2. The molecule has 1 aromatic heterocycles. The van der Waals surface area contributed by atoms with Gasteiger partial charge < -0.3 is 10.4 Å². The zero-order valence-corrected chi connectivity index (χ0v) is 16.2. The number of hydrogen-bond acceptors (Lipinski definition) is 3. The van der Waals surface area contributed by atoms with Gasteiger partial charge in [0.25, 0.3) is 5.56 Å². The molecule has 8 heteroatoms. The molecule has 3 aromatic rings. The number of amides is 1. The van der Waals surface area contributed by atoms with E-state index in [1.807, 2.05) is 28.7 Å². The van der Waals surface area contributed by atoms with Crippen molar-refractivity contribution in [1.29, 1.82) is 0 Å². The van der Waals surface area contributed by atoms with Gasteiger partial charge in [-0.25, -0.2) is 14.2 Å². The van der Waals surface area contributed by atoms with E-state index in [9.17, 15) is 19.1 Å². The molecule has 1 aliphatic rings. The van der Waals surface area contributed by atoms with E-state index >= 15 is 0 Å². The summed E-state index contributed by atoms with van der Waals surface area (Å²) in [7, 11) is 0. The summed E-state index contributed by atoms with van der Waals surface area (Å²) in [5, 5.41) is 12.0. The summed E-state index contributed by atoms with van der Waals surface area (Å²) in [6, 6.07) is 10.7. The maximum Gasteiger partial charge on any atom is 0.405 e. The van der Waals surface area contributed by atoms with Gasteiger partial charge in [-0.2, -0.15) is 0 Å². The number of halogens is 2. The van der Waals surface area contributed by atoms with Crippen LogP contribution in [0.5, 0.6) is 0 Å². The molecule has 1 saturated carbocycles.